The second-order valence-electron chi connectivity index (χ2n) is 5.35. The third-order valence-corrected chi connectivity index (χ3v) is 3.04. The van der Waals surface area contributed by atoms with Crippen molar-refractivity contribution in [2.24, 2.45) is 0 Å². The standard InChI is InChI=1S/3C7H14.H3P/c3*1-3-5-7-6-4-2;/h3*3H,1,4-7H2,2H3;1H3. The SMILES string of the molecule is C=CCCCCC.C=CCCCCC.C=CCCCCC.P. The lowest BCUT2D eigenvalue weighted by atomic mass is 10.2. The van der Waals surface area contributed by atoms with Crippen LogP contribution in [0.25, 0.3) is 0 Å². The van der Waals surface area contributed by atoms with E-state index in [2.05, 4.69) is 40.5 Å². The Hall–Kier alpha value is -0.350. The van der Waals surface area contributed by atoms with Crippen LogP contribution in [-0.4, -0.2) is 0 Å². The third-order valence-electron chi connectivity index (χ3n) is 3.04. The maximum absolute atomic E-state index is 3.63. The molecule has 0 heterocycles. The molecule has 0 aliphatic heterocycles. The third kappa shape index (κ3) is 50.4. The zero-order valence-electron chi connectivity index (χ0n) is 16.0. The van der Waals surface area contributed by atoms with Crippen molar-refractivity contribution in [3.05, 3.63) is 38.0 Å². The highest BCUT2D eigenvalue weighted by Gasteiger charge is 1.78. The van der Waals surface area contributed by atoms with Crippen molar-refractivity contribution in [3.8, 4) is 0 Å². The molecular formula is C21H45P. The fourth-order valence-corrected chi connectivity index (χ4v) is 1.62. The van der Waals surface area contributed by atoms with Crippen LogP contribution in [0, 0.1) is 0 Å². The lowest BCUT2D eigenvalue weighted by molar-refractivity contribution is 0.730. The van der Waals surface area contributed by atoms with Crippen LogP contribution < -0.4 is 0 Å². The van der Waals surface area contributed by atoms with Crippen molar-refractivity contribution in [2.45, 2.75) is 97.8 Å². The van der Waals surface area contributed by atoms with Crippen molar-refractivity contribution in [2.75, 3.05) is 0 Å². The van der Waals surface area contributed by atoms with Gasteiger partial charge in [0, 0.05) is 0 Å². The van der Waals surface area contributed by atoms with Gasteiger partial charge < -0.3 is 0 Å². The minimum absolute atomic E-state index is 0. The zero-order valence-corrected chi connectivity index (χ0v) is 17.5. The minimum Gasteiger partial charge on any atom is -0.153 e. The summed E-state index contributed by atoms with van der Waals surface area (Å²) in [6, 6.07) is 0. The van der Waals surface area contributed by atoms with E-state index in [0.717, 1.165) is 0 Å². The zero-order chi connectivity index (χ0) is 16.6. The van der Waals surface area contributed by atoms with E-state index < -0.39 is 0 Å². The molecule has 1 heteroatoms. The van der Waals surface area contributed by atoms with Crippen LogP contribution in [0.3, 0.4) is 0 Å². The van der Waals surface area contributed by atoms with Gasteiger partial charge >= 0.3 is 0 Å². The van der Waals surface area contributed by atoms with Gasteiger partial charge in [-0.15, -0.1) is 19.7 Å². The Kier molecular flexibility index (Phi) is 50.0. The summed E-state index contributed by atoms with van der Waals surface area (Å²) in [7, 11) is 0. The Morgan fingerprint density at radius 2 is 0.727 bits per heavy atom. The average Bonchev–Trinajstić information content (AvgIpc) is 2.50. The summed E-state index contributed by atoms with van der Waals surface area (Å²) < 4.78 is 0. The van der Waals surface area contributed by atoms with E-state index >= 15 is 0 Å². The Morgan fingerprint density at radius 3 is 0.864 bits per heavy atom. The molecule has 0 saturated heterocycles. The predicted octanol–water partition coefficient (Wildman–Crippen LogP) is 8.32. The molecule has 0 aromatic heterocycles. The molecule has 0 spiro atoms. The normalized spacial score (nSPS) is 8.32. The summed E-state index contributed by atoms with van der Waals surface area (Å²) in [4.78, 5) is 0. The molecule has 1 unspecified atom stereocenters. The number of rotatable bonds is 12. The molecule has 0 amide bonds. The molecule has 0 nitrogen and oxygen atoms in total. The lowest BCUT2D eigenvalue weighted by Crippen LogP contribution is -1.67. The first-order valence-electron chi connectivity index (χ1n) is 9.07. The molecule has 0 aliphatic carbocycles. The molecule has 0 rings (SSSR count). The van der Waals surface area contributed by atoms with Crippen LogP contribution in [0.4, 0.5) is 0 Å². The molecule has 0 aromatic carbocycles. The van der Waals surface area contributed by atoms with Crippen molar-refractivity contribution in [3.63, 3.8) is 0 Å². The minimum atomic E-state index is 0. The van der Waals surface area contributed by atoms with Crippen LogP contribution in [0.2, 0.25) is 0 Å². The molecule has 0 aromatic rings. The monoisotopic (exact) mass is 328 g/mol. The second-order valence-corrected chi connectivity index (χ2v) is 5.35. The Balaban J connectivity index is -0.000000108. The molecular weight excluding hydrogens is 283 g/mol. The fourth-order valence-electron chi connectivity index (χ4n) is 1.62. The summed E-state index contributed by atoms with van der Waals surface area (Å²) in [5.41, 5.74) is 0. The number of hydrogen-bond acceptors (Lipinski definition) is 0. The van der Waals surface area contributed by atoms with Gasteiger partial charge in [0.15, 0.2) is 0 Å². The summed E-state index contributed by atoms with van der Waals surface area (Å²) in [5, 5.41) is 0. The number of hydrogen-bond donors (Lipinski definition) is 0. The first kappa shape index (κ1) is 29.6. The molecule has 0 fully saturated rings. The van der Waals surface area contributed by atoms with Gasteiger partial charge in [-0.3, -0.25) is 0 Å². The van der Waals surface area contributed by atoms with E-state index in [1.807, 2.05) is 18.2 Å². The Morgan fingerprint density at radius 1 is 0.500 bits per heavy atom. The van der Waals surface area contributed by atoms with Crippen molar-refractivity contribution < 1.29 is 0 Å². The largest absolute Gasteiger partial charge is 0.153 e. The summed E-state index contributed by atoms with van der Waals surface area (Å²) in [5.74, 6) is 0. The number of allylic oxidation sites excluding steroid dienone is 3. The van der Waals surface area contributed by atoms with Gasteiger partial charge in [-0.25, -0.2) is 0 Å². The highest BCUT2D eigenvalue weighted by atomic mass is 31.0. The molecule has 22 heavy (non-hydrogen) atoms. The van der Waals surface area contributed by atoms with Gasteiger partial charge in [0.2, 0.25) is 0 Å². The maximum Gasteiger partial charge on any atom is -0.0353 e. The van der Waals surface area contributed by atoms with E-state index in [1.54, 1.807) is 0 Å². The van der Waals surface area contributed by atoms with E-state index in [9.17, 15) is 0 Å². The Labute approximate surface area is 146 Å². The van der Waals surface area contributed by atoms with Crippen LogP contribution >= 0.6 is 9.90 Å². The predicted molar refractivity (Wildman–Crippen MR) is 114 cm³/mol. The summed E-state index contributed by atoms with van der Waals surface area (Å²) in [6.07, 6.45) is 21.5. The van der Waals surface area contributed by atoms with Crippen molar-refractivity contribution in [1.82, 2.24) is 0 Å². The van der Waals surface area contributed by atoms with Gasteiger partial charge in [0.05, 0.1) is 0 Å². The highest BCUT2D eigenvalue weighted by Crippen LogP contribution is 1.98. The molecule has 0 saturated carbocycles. The first-order chi connectivity index (χ1) is 10.2. The molecule has 1 atom stereocenters. The van der Waals surface area contributed by atoms with Crippen molar-refractivity contribution >= 4 is 9.90 Å². The van der Waals surface area contributed by atoms with E-state index in [4.69, 9.17) is 0 Å². The van der Waals surface area contributed by atoms with Gasteiger partial charge in [-0.1, -0.05) is 77.5 Å². The molecule has 134 valence electrons. The quantitative estimate of drug-likeness (QED) is 0.192. The van der Waals surface area contributed by atoms with Crippen LogP contribution in [-0.2, 0) is 0 Å². The molecule has 0 aliphatic rings. The lowest BCUT2D eigenvalue weighted by Gasteiger charge is -1.87. The van der Waals surface area contributed by atoms with E-state index in [0.29, 0.717) is 0 Å². The summed E-state index contributed by atoms with van der Waals surface area (Å²) in [6.45, 7) is 17.5. The number of unbranched alkanes of at least 4 members (excludes halogenated alkanes) is 9. The van der Waals surface area contributed by atoms with Crippen LogP contribution in [0.1, 0.15) is 97.8 Å². The van der Waals surface area contributed by atoms with Crippen molar-refractivity contribution in [1.29, 1.82) is 0 Å². The maximum atomic E-state index is 3.63. The van der Waals surface area contributed by atoms with Gasteiger partial charge in [0.25, 0.3) is 0 Å². The Bertz CT molecular complexity index is 151. The van der Waals surface area contributed by atoms with E-state index in [-0.39, 0.29) is 9.90 Å². The summed E-state index contributed by atoms with van der Waals surface area (Å²) >= 11 is 0. The highest BCUT2D eigenvalue weighted by molar-refractivity contribution is 6.92. The van der Waals surface area contributed by atoms with Crippen LogP contribution in [0.5, 0.6) is 0 Å². The van der Waals surface area contributed by atoms with Gasteiger partial charge in [0.1, 0.15) is 0 Å². The molecule has 0 radical (unpaired) electrons. The first-order valence-corrected chi connectivity index (χ1v) is 9.07. The fraction of sp³-hybridized carbons (Fsp3) is 0.714. The second kappa shape index (κ2) is 37.2. The topological polar surface area (TPSA) is 0 Å². The van der Waals surface area contributed by atoms with E-state index in [1.165, 1.54) is 77.0 Å². The van der Waals surface area contributed by atoms with Crippen LogP contribution in [0.15, 0.2) is 38.0 Å². The molecule has 0 N–H and O–H groups in total. The van der Waals surface area contributed by atoms with Gasteiger partial charge in [-0.05, 0) is 38.5 Å². The average molecular weight is 329 g/mol. The smallest absolute Gasteiger partial charge is 0.0353 e. The van der Waals surface area contributed by atoms with Gasteiger partial charge in [-0.2, -0.15) is 9.90 Å². The molecule has 0 bridgehead atoms.